The van der Waals surface area contributed by atoms with Crippen molar-refractivity contribution in [1.29, 1.82) is 0 Å². The molecule has 0 aliphatic carbocycles. The minimum atomic E-state index is 0.287. The van der Waals surface area contributed by atoms with Crippen LogP contribution in [0, 0.1) is 5.92 Å². The summed E-state index contributed by atoms with van der Waals surface area (Å²) in [4.78, 5) is 11.9. The summed E-state index contributed by atoms with van der Waals surface area (Å²) in [5, 5.41) is 3.19. The molecule has 0 bridgehead atoms. The summed E-state index contributed by atoms with van der Waals surface area (Å²) in [6.45, 7) is 4.17. The number of hydrogen-bond donors (Lipinski definition) is 1. The first kappa shape index (κ1) is 11.3. The Morgan fingerprint density at radius 3 is 2.50 bits per heavy atom. The van der Waals surface area contributed by atoms with Crippen molar-refractivity contribution in [1.82, 2.24) is 5.32 Å². The highest BCUT2D eigenvalue weighted by Gasteiger charge is 2.20. The lowest BCUT2D eigenvalue weighted by Gasteiger charge is -2.26. The fraction of sp³-hybridized carbons (Fsp3) is 0.500. The molecule has 0 amide bonds. The van der Waals surface area contributed by atoms with Gasteiger partial charge in [-0.2, -0.15) is 0 Å². The van der Waals surface area contributed by atoms with E-state index in [2.05, 4.69) is 24.4 Å². The fourth-order valence-corrected chi connectivity index (χ4v) is 2.02. The SMILES string of the molecule is CCCc1ccc(C(=O)CC2CNC2)cc1. The first-order valence-electron chi connectivity index (χ1n) is 6.12. The number of carbonyl (C=O) groups is 1. The Labute approximate surface area is 97.1 Å². The molecule has 1 aromatic carbocycles. The molecule has 2 heteroatoms. The van der Waals surface area contributed by atoms with Crippen molar-refractivity contribution in [3.63, 3.8) is 0 Å². The maximum Gasteiger partial charge on any atom is 0.163 e. The van der Waals surface area contributed by atoms with Crippen LogP contribution in [-0.4, -0.2) is 18.9 Å². The number of ketones is 1. The molecule has 86 valence electrons. The van der Waals surface area contributed by atoms with Gasteiger partial charge in [0.25, 0.3) is 0 Å². The molecule has 16 heavy (non-hydrogen) atoms. The van der Waals surface area contributed by atoms with Crippen molar-refractivity contribution >= 4 is 5.78 Å². The van der Waals surface area contributed by atoms with Crippen LogP contribution in [0.3, 0.4) is 0 Å². The molecule has 1 aliphatic heterocycles. The van der Waals surface area contributed by atoms with E-state index in [9.17, 15) is 4.79 Å². The highest BCUT2D eigenvalue weighted by Crippen LogP contribution is 2.14. The zero-order valence-corrected chi connectivity index (χ0v) is 9.83. The lowest BCUT2D eigenvalue weighted by atomic mass is 9.93. The third kappa shape index (κ3) is 2.70. The molecular weight excluding hydrogens is 198 g/mol. The van der Waals surface area contributed by atoms with E-state index >= 15 is 0 Å². The fourth-order valence-electron chi connectivity index (χ4n) is 2.02. The van der Waals surface area contributed by atoms with Gasteiger partial charge >= 0.3 is 0 Å². The topological polar surface area (TPSA) is 29.1 Å². The Bertz CT molecular complexity index is 352. The van der Waals surface area contributed by atoms with Gasteiger partial charge in [-0.15, -0.1) is 0 Å². The maximum atomic E-state index is 11.9. The van der Waals surface area contributed by atoms with Gasteiger partial charge in [-0.1, -0.05) is 37.6 Å². The van der Waals surface area contributed by atoms with E-state index in [-0.39, 0.29) is 5.78 Å². The zero-order chi connectivity index (χ0) is 11.4. The van der Waals surface area contributed by atoms with Crippen LogP contribution in [-0.2, 0) is 6.42 Å². The summed E-state index contributed by atoms with van der Waals surface area (Å²) in [5.41, 5.74) is 2.19. The van der Waals surface area contributed by atoms with Gasteiger partial charge < -0.3 is 5.32 Å². The second-order valence-corrected chi connectivity index (χ2v) is 4.60. The van der Waals surface area contributed by atoms with Crippen LogP contribution >= 0.6 is 0 Å². The van der Waals surface area contributed by atoms with Crippen LogP contribution in [0.5, 0.6) is 0 Å². The monoisotopic (exact) mass is 217 g/mol. The summed E-state index contributed by atoms with van der Waals surface area (Å²) >= 11 is 0. The lowest BCUT2D eigenvalue weighted by molar-refractivity contribution is 0.0945. The van der Waals surface area contributed by atoms with Crippen LogP contribution in [0.4, 0.5) is 0 Å². The Morgan fingerprint density at radius 2 is 2.00 bits per heavy atom. The van der Waals surface area contributed by atoms with Crippen LogP contribution in [0.1, 0.15) is 35.7 Å². The molecule has 0 aromatic heterocycles. The van der Waals surface area contributed by atoms with E-state index in [1.54, 1.807) is 0 Å². The number of aryl methyl sites for hydroxylation is 1. The Kier molecular flexibility index (Phi) is 3.73. The minimum absolute atomic E-state index is 0.287. The van der Waals surface area contributed by atoms with Crippen molar-refractivity contribution in [2.75, 3.05) is 13.1 Å². The Hall–Kier alpha value is -1.15. The molecule has 0 atom stereocenters. The van der Waals surface area contributed by atoms with Crippen molar-refractivity contribution in [2.24, 2.45) is 5.92 Å². The molecule has 2 rings (SSSR count). The number of carbonyl (C=O) groups excluding carboxylic acids is 1. The Balaban J connectivity index is 1.94. The van der Waals surface area contributed by atoms with Gasteiger partial charge in [0.1, 0.15) is 0 Å². The van der Waals surface area contributed by atoms with E-state index in [1.807, 2.05) is 12.1 Å². The maximum absolute atomic E-state index is 11.9. The molecule has 1 fully saturated rings. The third-order valence-electron chi connectivity index (χ3n) is 3.15. The third-order valence-corrected chi connectivity index (χ3v) is 3.15. The first-order valence-corrected chi connectivity index (χ1v) is 6.12. The van der Waals surface area contributed by atoms with Gasteiger partial charge in [-0.05, 0) is 31.0 Å². The predicted octanol–water partition coefficient (Wildman–Crippen LogP) is 2.43. The van der Waals surface area contributed by atoms with E-state index in [0.29, 0.717) is 12.3 Å². The van der Waals surface area contributed by atoms with Crippen LogP contribution < -0.4 is 5.32 Å². The van der Waals surface area contributed by atoms with Gasteiger partial charge in [-0.3, -0.25) is 4.79 Å². The highest BCUT2D eigenvalue weighted by molar-refractivity contribution is 5.96. The van der Waals surface area contributed by atoms with Gasteiger partial charge in [0, 0.05) is 12.0 Å². The molecule has 2 nitrogen and oxygen atoms in total. The summed E-state index contributed by atoms with van der Waals surface area (Å²) < 4.78 is 0. The quantitative estimate of drug-likeness (QED) is 0.767. The summed E-state index contributed by atoms with van der Waals surface area (Å²) in [6.07, 6.45) is 2.95. The molecular formula is C14H19NO. The second kappa shape index (κ2) is 5.26. The normalized spacial score (nSPS) is 15.8. The van der Waals surface area contributed by atoms with Crippen LogP contribution in [0.15, 0.2) is 24.3 Å². The first-order chi connectivity index (χ1) is 7.79. The summed E-state index contributed by atoms with van der Waals surface area (Å²) in [7, 11) is 0. The molecule has 1 saturated heterocycles. The van der Waals surface area contributed by atoms with Crippen molar-refractivity contribution < 1.29 is 4.79 Å². The van der Waals surface area contributed by atoms with Crippen LogP contribution in [0.25, 0.3) is 0 Å². The molecule has 1 aromatic rings. The number of Topliss-reactive ketones (excluding diaryl/α,β-unsaturated/α-hetero) is 1. The Morgan fingerprint density at radius 1 is 1.31 bits per heavy atom. The van der Waals surface area contributed by atoms with Crippen molar-refractivity contribution in [3.05, 3.63) is 35.4 Å². The zero-order valence-electron chi connectivity index (χ0n) is 9.83. The molecule has 0 saturated carbocycles. The molecule has 1 heterocycles. The van der Waals surface area contributed by atoms with Crippen molar-refractivity contribution in [2.45, 2.75) is 26.2 Å². The molecule has 1 aliphatic rings. The van der Waals surface area contributed by atoms with E-state index in [4.69, 9.17) is 0 Å². The second-order valence-electron chi connectivity index (χ2n) is 4.60. The van der Waals surface area contributed by atoms with Gasteiger partial charge in [0.2, 0.25) is 0 Å². The average molecular weight is 217 g/mol. The number of nitrogens with one attached hydrogen (secondary N) is 1. The van der Waals surface area contributed by atoms with E-state index in [1.165, 1.54) is 5.56 Å². The molecule has 0 spiro atoms. The largest absolute Gasteiger partial charge is 0.316 e. The minimum Gasteiger partial charge on any atom is -0.316 e. The predicted molar refractivity (Wildman–Crippen MR) is 65.7 cm³/mol. The number of hydrogen-bond acceptors (Lipinski definition) is 2. The molecule has 0 radical (unpaired) electrons. The van der Waals surface area contributed by atoms with E-state index < -0.39 is 0 Å². The average Bonchev–Trinajstić information content (AvgIpc) is 2.25. The highest BCUT2D eigenvalue weighted by atomic mass is 16.1. The number of benzene rings is 1. The van der Waals surface area contributed by atoms with Crippen LogP contribution in [0.2, 0.25) is 0 Å². The van der Waals surface area contributed by atoms with Gasteiger partial charge in [0.05, 0.1) is 0 Å². The number of rotatable bonds is 5. The smallest absolute Gasteiger partial charge is 0.163 e. The lowest BCUT2D eigenvalue weighted by Crippen LogP contribution is -2.42. The van der Waals surface area contributed by atoms with Gasteiger partial charge in [0.15, 0.2) is 5.78 Å². The standard InChI is InChI=1S/C14H19NO/c1-2-3-11-4-6-13(7-5-11)14(16)8-12-9-15-10-12/h4-7,12,15H,2-3,8-10H2,1H3. The van der Waals surface area contributed by atoms with Gasteiger partial charge in [-0.25, -0.2) is 0 Å². The molecule has 0 unspecified atom stereocenters. The van der Waals surface area contributed by atoms with Crippen molar-refractivity contribution in [3.8, 4) is 0 Å². The van der Waals surface area contributed by atoms with E-state index in [0.717, 1.165) is 31.5 Å². The summed E-state index contributed by atoms with van der Waals surface area (Å²) in [5.74, 6) is 0.845. The molecule has 1 N–H and O–H groups in total. The summed E-state index contributed by atoms with van der Waals surface area (Å²) in [6, 6.07) is 8.10.